The van der Waals surface area contributed by atoms with Gasteiger partial charge in [0.15, 0.2) is 0 Å². The molecule has 1 heterocycles. The number of benzene rings is 1. The van der Waals surface area contributed by atoms with E-state index >= 15 is 0 Å². The van der Waals surface area contributed by atoms with Crippen LogP contribution in [0.15, 0.2) is 18.2 Å². The smallest absolute Gasteiger partial charge is 0.340 e. The minimum Gasteiger partial charge on any atom is -0.469 e. The molecule has 0 atom stereocenters. The van der Waals surface area contributed by atoms with Crippen molar-refractivity contribution in [1.29, 1.82) is 0 Å². The van der Waals surface area contributed by atoms with Gasteiger partial charge < -0.3 is 20.1 Å². The van der Waals surface area contributed by atoms with Crippen LogP contribution in [0.3, 0.4) is 0 Å². The normalized spacial score (nSPS) is 15.5. The zero-order valence-electron chi connectivity index (χ0n) is 13.0. The molecule has 2 rings (SSSR count). The average molecular weight is 306 g/mol. The van der Waals surface area contributed by atoms with Crippen LogP contribution < -0.4 is 10.6 Å². The Balaban J connectivity index is 2.16. The molecular formula is C16H22N2O4. The first-order valence-corrected chi connectivity index (χ1v) is 7.46. The summed E-state index contributed by atoms with van der Waals surface area (Å²) in [7, 11) is 1.41. The second-order valence-electron chi connectivity index (χ2n) is 5.28. The standard InChI is InChI=1S/C16H22N2O4/c1-3-22-16(20)13-10-12(17)4-5-14(13)18-8-6-11(7-9-18)15(19)21-2/h4-5,10-11H,3,6-9,17H2,1-2H3. The van der Waals surface area contributed by atoms with Crippen LogP contribution >= 0.6 is 0 Å². The summed E-state index contributed by atoms with van der Waals surface area (Å²) in [6.07, 6.45) is 1.42. The summed E-state index contributed by atoms with van der Waals surface area (Å²) in [4.78, 5) is 25.8. The lowest BCUT2D eigenvalue weighted by molar-refractivity contribution is -0.146. The molecule has 1 aromatic carbocycles. The Morgan fingerprint density at radius 2 is 2.00 bits per heavy atom. The van der Waals surface area contributed by atoms with Crippen LogP contribution in [0.1, 0.15) is 30.1 Å². The predicted molar refractivity (Wildman–Crippen MR) is 83.8 cm³/mol. The van der Waals surface area contributed by atoms with E-state index in [2.05, 4.69) is 4.90 Å². The van der Waals surface area contributed by atoms with E-state index < -0.39 is 0 Å². The van der Waals surface area contributed by atoms with Crippen LogP contribution in [0.2, 0.25) is 0 Å². The van der Waals surface area contributed by atoms with E-state index in [1.807, 2.05) is 6.07 Å². The van der Waals surface area contributed by atoms with E-state index in [9.17, 15) is 9.59 Å². The van der Waals surface area contributed by atoms with Gasteiger partial charge in [-0.1, -0.05) is 0 Å². The largest absolute Gasteiger partial charge is 0.469 e. The Hall–Kier alpha value is -2.24. The van der Waals surface area contributed by atoms with Crippen molar-refractivity contribution in [2.45, 2.75) is 19.8 Å². The van der Waals surface area contributed by atoms with Gasteiger partial charge in [-0.05, 0) is 38.0 Å². The van der Waals surface area contributed by atoms with E-state index in [0.717, 1.165) is 5.69 Å². The van der Waals surface area contributed by atoms with Gasteiger partial charge in [-0.2, -0.15) is 0 Å². The van der Waals surface area contributed by atoms with Crippen molar-refractivity contribution in [3.05, 3.63) is 23.8 Å². The Labute approximate surface area is 130 Å². The summed E-state index contributed by atoms with van der Waals surface area (Å²) in [6, 6.07) is 5.24. The summed E-state index contributed by atoms with van der Waals surface area (Å²) in [5.74, 6) is -0.608. The van der Waals surface area contributed by atoms with Gasteiger partial charge in [0.25, 0.3) is 0 Å². The molecule has 2 N–H and O–H groups in total. The Morgan fingerprint density at radius 3 is 2.59 bits per heavy atom. The molecule has 0 aromatic heterocycles. The van der Waals surface area contributed by atoms with E-state index in [-0.39, 0.29) is 17.9 Å². The summed E-state index contributed by atoms with van der Waals surface area (Å²) in [5.41, 5.74) is 7.58. The molecule has 1 aliphatic heterocycles. The molecule has 6 heteroatoms. The first kappa shape index (κ1) is 16.1. The van der Waals surface area contributed by atoms with E-state index in [4.69, 9.17) is 15.2 Å². The third-order valence-electron chi connectivity index (χ3n) is 3.89. The average Bonchev–Trinajstić information content (AvgIpc) is 2.54. The molecule has 120 valence electrons. The summed E-state index contributed by atoms with van der Waals surface area (Å²) < 4.78 is 9.89. The number of ether oxygens (including phenoxy) is 2. The number of nitrogen functional groups attached to an aromatic ring is 1. The van der Waals surface area contributed by atoms with Crippen LogP contribution in [0.5, 0.6) is 0 Å². The molecule has 0 radical (unpaired) electrons. The van der Waals surface area contributed by atoms with Crippen molar-refractivity contribution < 1.29 is 19.1 Å². The SMILES string of the molecule is CCOC(=O)c1cc(N)ccc1N1CCC(C(=O)OC)CC1. The highest BCUT2D eigenvalue weighted by molar-refractivity contribution is 5.97. The van der Waals surface area contributed by atoms with Gasteiger partial charge in [0.05, 0.1) is 30.9 Å². The Morgan fingerprint density at radius 1 is 1.32 bits per heavy atom. The van der Waals surface area contributed by atoms with Gasteiger partial charge in [0.2, 0.25) is 0 Å². The lowest BCUT2D eigenvalue weighted by Gasteiger charge is -2.33. The summed E-state index contributed by atoms with van der Waals surface area (Å²) in [6.45, 7) is 3.47. The lowest BCUT2D eigenvalue weighted by atomic mass is 9.96. The predicted octanol–water partition coefficient (Wildman–Crippen LogP) is 1.83. The molecule has 6 nitrogen and oxygen atoms in total. The molecule has 1 fully saturated rings. The molecular weight excluding hydrogens is 284 g/mol. The number of methoxy groups -OCH3 is 1. The summed E-state index contributed by atoms with van der Waals surface area (Å²) in [5, 5.41) is 0. The first-order chi connectivity index (χ1) is 10.6. The van der Waals surface area contributed by atoms with Gasteiger partial charge in [-0.15, -0.1) is 0 Å². The number of piperidine rings is 1. The zero-order valence-corrected chi connectivity index (χ0v) is 13.0. The maximum Gasteiger partial charge on any atom is 0.340 e. The van der Waals surface area contributed by atoms with Gasteiger partial charge in [-0.3, -0.25) is 4.79 Å². The molecule has 1 aromatic rings. The van der Waals surface area contributed by atoms with E-state index in [1.165, 1.54) is 7.11 Å². The highest BCUT2D eigenvalue weighted by Gasteiger charge is 2.27. The van der Waals surface area contributed by atoms with Crippen LogP contribution in [0.25, 0.3) is 0 Å². The number of carbonyl (C=O) groups excluding carboxylic acids is 2. The second-order valence-corrected chi connectivity index (χ2v) is 5.28. The van der Waals surface area contributed by atoms with Crippen molar-refractivity contribution in [2.24, 2.45) is 5.92 Å². The lowest BCUT2D eigenvalue weighted by Crippen LogP contribution is -2.37. The molecule has 0 amide bonds. The fourth-order valence-electron chi connectivity index (χ4n) is 2.72. The molecule has 0 bridgehead atoms. The third kappa shape index (κ3) is 3.50. The van der Waals surface area contributed by atoms with Crippen molar-refractivity contribution in [3.8, 4) is 0 Å². The van der Waals surface area contributed by atoms with Crippen molar-refractivity contribution in [3.63, 3.8) is 0 Å². The van der Waals surface area contributed by atoms with Gasteiger partial charge in [-0.25, -0.2) is 4.79 Å². The maximum atomic E-state index is 12.1. The number of rotatable bonds is 4. The van der Waals surface area contributed by atoms with Gasteiger partial charge in [0.1, 0.15) is 0 Å². The number of hydrogen-bond donors (Lipinski definition) is 1. The fraction of sp³-hybridized carbons (Fsp3) is 0.500. The second kappa shape index (κ2) is 7.15. The number of anilines is 2. The molecule has 0 unspecified atom stereocenters. The topological polar surface area (TPSA) is 81.9 Å². The number of hydrogen-bond acceptors (Lipinski definition) is 6. The molecule has 0 spiro atoms. The minimum atomic E-state index is -0.375. The van der Waals surface area contributed by atoms with Gasteiger partial charge in [0, 0.05) is 18.8 Å². The van der Waals surface area contributed by atoms with E-state index in [0.29, 0.717) is 43.8 Å². The molecule has 0 saturated carbocycles. The van der Waals surface area contributed by atoms with Crippen LogP contribution in [0, 0.1) is 5.92 Å². The molecule has 1 saturated heterocycles. The van der Waals surface area contributed by atoms with Crippen molar-refractivity contribution >= 4 is 23.3 Å². The monoisotopic (exact) mass is 306 g/mol. The highest BCUT2D eigenvalue weighted by Crippen LogP contribution is 2.29. The highest BCUT2D eigenvalue weighted by atomic mass is 16.5. The number of carbonyl (C=O) groups is 2. The fourth-order valence-corrected chi connectivity index (χ4v) is 2.72. The molecule has 22 heavy (non-hydrogen) atoms. The maximum absolute atomic E-state index is 12.1. The number of esters is 2. The summed E-state index contributed by atoms with van der Waals surface area (Å²) >= 11 is 0. The minimum absolute atomic E-state index is 0.0684. The van der Waals surface area contributed by atoms with Crippen molar-refractivity contribution in [2.75, 3.05) is 37.4 Å². The Bertz CT molecular complexity index is 551. The van der Waals surface area contributed by atoms with Crippen LogP contribution in [-0.4, -0.2) is 38.7 Å². The van der Waals surface area contributed by atoms with Gasteiger partial charge >= 0.3 is 11.9 Å². The first-order valence-electron chi connectivity index (χ1n) is 7.46. The van der Waals surface area contributed by atoms with Crippen LogP contribution in [0.4, 0.5) is 11.4 Å². The zero-order chi connectivity index (χ0) is 16.1. The number of nitrogens with zero attached hydrogens (tertiary/aromatic N) is 1. The van der Waals surface area contributed by atoms with E-state index in [1.54, 1.807) is 19.1 Å². The molecule has 0 aliphatic carbocycles. The number of nitrogens with two attached hydrogens (primary N) is 1. The van der Waals surface area contributed by atoms with Crippen LogP contribution in [-0.2, 0) is 14.3 Å². The quantitative estimate of drug-likeness (QED) is 0.675. The third-order valence-corrected chi connectivity index (χ3v) is 3.89. The Kier molecular flexibility index (Phi) is 5.25. The van der Waals surface area contributed by atoms with Crippen molar-refractivity contribution in [1.82, 2.24) is 0 Å². The molecule has 1 aliphatic rings.